The summed E-state index contributed by atoms with van der Waals surface area (Å²) in [4.78, 5) is 48.8. The molecule has 0 atom stereocenters. The van der Waals surface area contributed by atoms with Gasteiger partial charge in [0, 0.05) is 61.5 Å². The molecule has 1 heterocycles. The van der Waals surface area contributed by atoms with Gasteiger partial charge in [-0.2, -0.15) is 11.8 Å². The van der Waals surface area contributed by atoms with Crippen LogP contribution in [0.25, 0.3) is 0 Å². The average molecular weight is 1220 g/mol. The number of ether oxygens (including phenoxy) is 4. The van der Waals surface area contributed by atoms with Crippen molar-refractivity contribution in [2.24, 2.45) is 0 Å². The lowest BCUT2D eigenvalue weighted by molar-refractivity contribution is -0.385. The average Bonchev–Trinajstić information content (AvgIpc) is 3.30. The zero-order valence-electron chi connectivity index (χ0n) is 50.1. The summed E-state index contributed by atoms with van der Waals surface area (Å²) < 4.78 is 86.1. The minimum Gasteiger partial charge on any atom is -0.492 e. The van der Waals surface area contributed by atoms with Crippen molar-refractivity contribution in [1.29, 1.82) is 0 Å². The number of non-ortho nitro benzene ring substituents is 2. The van der Waals surface area contributed by atoms with Crippen molar-refractivity contribution < 1.29 is 55.2 Å². The number of carbonyl (C=O) groups is 2. The van der Waals surface area contributed by atoms with E-state index < -0.39 is 65.8 Å². The topological polar surface area (TPSA) is 250 Å². The standard InChI is InChI=1S/C64H74N4O14S3/c1-61(2,3)47-29-39-25-40-30-48(62(4,5)6)32-42-27-44-34-50(64(10,11)12)36-46(60(44)82-38-56(70)66-85(77,78)54-19-15-52(16-20-54)68(73)74)28-45-35-49(63(7,8)9)33-43(26-41(31-47)57(39)79-21-23-83-24-22-80-58(40)42)59(45)81-37-55(69)65-84(75,76)53-17-13-51(14-18-53)67(71)72/h13-20,29-36H,21-28,37-38H2,1-12H3,(H,65,69)(H,66,70). The first-order valence-electron chi connectivity index (χ1n) is 27.9. The van der Waals surface area contributed by atoms with Crippen LogP contribution in [-0.2, 0) is 77.0 Å². The summed E-state index contributed by atoms with van der Waals surface area (Å²) in [7, 11) is -9.08. The maximum Gasteiger partial charge on any atom is 0.271 e. The van der Waals surface area contributed by atoms with Gasteiger partial charge in [-0.05, 0) is 113 Å². The number of fused-ring (bicyclic) bond motifs is 4. The summed E-state index contributed by atoms with van der Waals surface area (Å²) in [6.07, 6.45) is 0.857. The number of rotatable bonds is 12. The van der Waals surface area contributed by atoms with E-state index in [0.717, 1.165) is 93.0 Å². The molecule has 6 aromatic carbocycles. The van der Waals surface area contributed by atoms with Crippen LogP contribution in [0.3, 0.4) is 0 Å². The highest BCUT2D eigenvalue weighted by Crippen LogP contribution is 2.45. The summed E-state index contributed by atoms with van der Waals surface area (Å²) in [6.45, 7) is 24.6. The lowest BCUT2D eigenvalue weighted by Crippen LogP contribution is -2.34. The zero-order valence-corrected chi connectivity index (χ0v) is 52.6. The second-order valence-corrected chi connectivity index (χ2v) is 30.2. The Kier molecular flexibility index (Phi) is 18.3. The first kappa shape index (κ1) is 63.5. The summed E-state index contributed by atoms with van der Waals surface area (Å²) in [5, 5.41) is 22.8. The van der Waals surface area contributed by atoms with E-state index in [4.69, 9.17) is 18.9 Å². The first-order valence-corrected chi connectivity index (χ1v) is 32.0. The normalized spacial score (nSPS) is 14.2. The van der Waals surface area contributed by atoms with Gasteiger partial charge in [0.05, 0.1) is 32.9 Å². The van der Waals surface area contributed by atoms with Gasteiger partial charge in [-0.3, -0.25) is 29.8 Å². The quantitative estimate of drug-likeness (QED) is 0.0852. The van der Waals surface area contributed by atoms with Crippen LogP contribution in [0.5, 0.6) is 23.0 Å². The van der Waals surface area contributed by atoms with Crippen molar-refractivity contribution in [3.8, 4) is 23.0 Å². The van der Waals surface area contributed by atoms with Gasteiger partial charge in [-0.15, -0.1) is 0 Å². The van der Waals surface area contributed by atoms with Crippen molar-refractivity contribution in [1.82, 2.24) is 9.44 Å². The van der Waals surface area contributed by atoms with Gasteiger partial charge in [-0.25, -0.2) is 26.3 Å². The van der Waals surface area contributed by atoms with E-state index in [0.29, 0.717) is 64.9 Å². The van der Waals surface area contributed by atoms with E-state index in [9.17, 15) is 46.7 Å². The van der Waals surface area contributed by atoms with E-state index >= 15 is 0 Å². The number of nitro benzene ring substituents is 2. The molecule has 18 nitrogen and oxygen atoms in total. The van der Waals surface area contributed by atoms with Crippen LogP contribution in [0.1, 0.15) is 150 Å². The summed E-state index contributed by atoms with van der Waals surface area (Å²) in [5.74, 6) is 1.18. The Labute approximate surface area is 502 Å². The zero-order chi connectivity index (χ0) is 62.2. The van der Waals surface area contributed by atoms with Crippen LogP contribution in [0.4, 0.5) is 11.4 Å². The molecule has 0 radical (unpaired) electrons. The van der Waals surface area contributed by atoms with Gasteiger partial charge in [0.15, 0.2) is 13.2 Å². The Hall–Kier alpha value is -7.49. The molecule has 1 aliphatic heterocycles. The molecule has 85 heavy (non-hydrogen) atoms. The molecule has 452 valence electrons. The first-order chi connectivity index (χ1) is 39.6. The van der Waals surface area contributed by atoms with Gasteiger partial charge in [0.25, 0.3) is 43.2 Å². The predicted octanol–water partition coefficient (Wildman–Crippen LogP) is 11.6. The molecule has 10 bridgehead atoms. The third-order valence-corrected chi connectivity index (χ3v) is 18.5. The van der Waals surface area contributed by atoms with E-state index in [1.54, 1.807) is 11.8 Å². The minimum atomic E-state index is -4.54. The maximum absolute atomic E-state index is 14.0. The lowest BCUT2D eigenvalue weighted by atomic mass is 9.79. The molecule has 21 heteroatoms. The van der Waals surface area contributed by atoms with Gasteiger partial charge < -0.3 is 18.9 Å². The molecule has 0 saturated carbocycles. The Morgan fingerprint density at radius 1 is 0.471 bits per heavy atom. The molecule has 0 fully saturated rings. The monoisotopic (exact) mass is 1220 g/mol. The number of carbonyl (C=O) groups excluding carboxylic acids is 2. The van der Waals surface area contributed by atoms with Crippen LogP contribution in [0.2, 0.25) is 0 Å². The van der Waals surface area contributed by atoms with Crippen LogP contribution in [0.15, 0.2) is 107 Å². The van der Waals surface area contributed by atoms with Crippen molar-refractivity contribution in [2.75, 3.05) is 37.9 Å². The molecular formula is C64H74N4O14S3. The minimum absolute atomic E-state index is 0.0361. The van der Waals surface area contributed by atoms with E-state index in [1.165, 1.54) is 0 Å². The van der Waals surface area contributed by atoms with Gasteiger partial charge >= 0.3 is 0 Å². The van der Waals surface area contributed by atoms with Gasteiger partial charge in [-0.1, -0.05) is 132 Å². The molecule has 0 unspecified atom stereocenters. The van der Waals surface area contributed by atoms with Crippen molar-refractivity contribution in [2.45, 2.75) is 140 Å². The number of amides is 2. The number of nitrogens with one attached hydrogen (secondary N) is 2. The highest BCUT2D eigenvalue weighted by molar-refractivity contribution is 7.99. The fourth-order valence-electron chi connectivity index (χ4n) is 10.1. The van der Waals surface area contributed by atoms with Crippen LogP contribution in [0, 0.1) is 20.2 Å². The van der Waals surface area contributed by atoms with Gasteiger partial charge in [0.2, 0.25) is 0 Å². The summed E-state index contributed by atoms with van der Waals surface area (Å²) in [6, 6.07) is 25.0. The summed E-state index contributed by atoms with van der Waals surface area (Å²) in [5.41, 5.74) is 7.47. The summed E-state index contributed by atoms with van der Waals surface area (Å²) >= 11 is 1.70. The van der Waals surface area contributed by atoms with E-state index in [2.05, 4.69) is 117 Å². The molecule has 0 saturated heterocycles. The number of nitrogens with zero attached hydrogens (tertiary/aromatic N) is 2. The molecular weight excluding hydrogens is 1140 g/mol. The highest BCUT2D eigenvalue weighted by atomic mass is 32.2. The lowest BCUT2D eigenvalue weighted by Gasteiger charge is -2.29. The molecule has 0 aromatic heterocycles. The largest absolute Gasteiger partial charge is 0.492 e. The fraction of sp³-hybridized carbons (Fsp3) is 0.406. The number of nitro groups is 2. The molecule has 2 amide bonds. The second kappa shape index (κ2) is 24.5. The number of sulfonamides is 2. The molecule has 1 aliphatic carbocycles. The fourth-order valence-corrected chi connectivity index (χ4v) is 12.7. The number of benzene rings is 6. The number of hydrogen-bond acceptors (Lipinski definition) is 15. The molecule has 6 aromatic rings. The van der Waals surface area contributed by atoms with Crippen molar-refractivity contribution in [3.05, 3.63) is 184 Å². The van der Waals surface area contributed by atoms with E-state index in [1.807, 2.05) is 24.3 Å². The van der Waals surface area contributed by atoms with Crippen LogP contribution < -0.4 is 28.4 Å². The molecule has 2 aliphatic rings. The van der Waals surface area contributed by atoms with Crippen molar-refractivity contribution >= 4 is 55.0 Å². The molecule has 8 rings (SSSR count). The number of thioether (sulfide) groups is 1. The smallest absolute Gasteiger partial charge is 0.271 e. The Morgan fingerprint density at radius 2 is 0.729 bits per heavy atom. The van der Waals surface area contributed by atoms with Crippen molar-refractivity contribution in [3.63, 3.8) is 0 Å². The Balaban J connectivity index is 1.39. The Morgan fingerprint density at radius 3 is 1.00 bits per heavy atom. The van der Waals surface area contributed by atoms with E-state index in [-0.39, 0.29) is 62.8 Å². The van der Waals surface area contributed by atoms with Crippen LogP contribution in [-0.4, -0.2) is 76.4 Å². The highest BCUT2D eigenvalue weighted by Gasteiger charge is 2.31. The number of hydrogen-bond donors (Lipinski definition) is 2. The third-order valence-electron chi connectivity index (χ3n) is 14.8. The van der Waals surface area contributed by atoms with Crippen LogP contribution >= 0.6 is 11.8 Å². The third kappa shape index (κ3) is 15.3. The molecule has 0 spiro atoms. The SMILES string of the molecule is CC(C)(C)c1cc2c3c(c1)Cc1cc(C(C)(C)C)cc(c1OCC(=O)NS(=O)(=O)c1ccc([N+](=O)[O-])cc1)Cc1cc(C(C)(C)C)cc(c1OCC(=O)NS(=O)(=O)c1ccc([N+](=O)[O-])cc1)Cc1cc(C(C)(C)C)cc(c1OCCSCCO3)C2. The predicted molar refractivity (Wildman–Crippen MR) is 328 cm³/mol. The second-order valence-electron chi connectivity index (χ2n) is 25.6. The maximum atomic E-state index is 14.0. The van der Waals surface area contributed by atoms with Gasteiger partial charge in [0.1, 0.15) is 23.0 Å². The molecule has 2 N–H and O–H groups in total. The Bertz CT molecular complexity index is 3570.